The summed E-state index contributed by atoms with van der Waals surface area (Å²) in [6.07, 6.45) is 4.45. The predicted octanol–water partition coefficient (Wildman–Crippen LogP) is 1.59. The van der Waals surface area contributed by atoms with E-state index in [1.54, 1.807) is 6.07 Å². The Balaban J connectivity index is 1.92. The lowest BCUT2D eigenvalue weighted by molar-refractivity contribution is 0.0730. The van der Waals surface area contributed by atoms with Crippen LogP contribution in [0.2, 0.25) is 0 Å². The molecule has 2 aliphatic rings. The largest absolute Gasteiger partial charge is 0.379 e. The van der Waals surface area contributed by atoms with Crippen LogP contribution in [0.25, 0.3) is 0 Å². The van der Waals surface area contributed by atoms with Gasteiger partial charge in [0.05, 0.1) is 18.1 Å². The third kappa shape index (κ3) is 2.55. The van der Waals surface area contributed by atoms with Crippen molar-refractivity contribution in [2.24, 2.45) is 0 Å². The number of hydrogen-bond acceptors (Lipinski definition) is 3. The monoisotopic (exact) mass is 281 g/mol. The highest BCUT2D eigenvalue weighted by atomic mass is 32.2. The summed E-state index contributed by atoms with van der Waals surface area (Å²) >= 11 is 0. The van der Waals surface area contributed by atoms with Crippen molar-refractivity contribution in [1.29, 1.82) is 0 Å². The van der Waals surface area contributed by atoms with Gasteiger partial charge in [-0.25, -0.2) is 8.42 Å². The lowest BCUT2D eigenvalue weighted by atomic mass is 9.92. The van der Waals surface area contributed by atoms with Gasteiger partial charge in [0.25, 0.3) is 0 Å². The van der Waals surface area contributed by atoms with Gasteiger partial charge in [-0.15, -0.1) is 0 Å². The summed E-state index contributed by atoms with van der Waals surface area (Å²) < 4.78 is 31.8. The molecular weight excluding hydrogens is 262 g/mol. The quantitative estimate of drug-likeness (QED) is 0.827. The molecular formula is C14H19NO3S. The maximum Gasteiger partial charge on any atom is 0.243 e. The number of hydrogen-bond donors (Lipinski definition) is 0. The number of ether oxygens (including phenoxy) is 1. The van der Waals surface area contributed by atoms with Crippen LogP contribution in [0.3, 0.4) is 0 Å². The van der Waals surface area contributed by atoms with Gasteiger partial charge in [0.2, 0.25) is 10.0 Å². The normalized spacial score (nSPS) is 21.1. The van der Waals surface area contributed by atoms with E-state index in [9.17, 15) is 8.42 Å². The summed E-state index contributed by atoms with van der Waals surface area (Å²) in [5.74, 6) is 0. The molecule has 1 fully saturated rings. The molecule has 0 bridgehead atoms. The van der Waals surface area contributed by atoms with Crippen molar-refractivity contribution in [2.75, 3.05) is 26.3 Å². The molecule has 0 saturated carbocycles. The van der Waals surface area contributed by atoms with Crippen molar-refractivity contribution in [3.05, 3.63) is 29.3 Å². The lowest BCUT2D eigenvalue weighted by Gasteiger charge is -2.26. The fourth-order valence-electron chi connectivity index (χ4n) is 2.81. The molecule has 1 aliphatic heterocycles. The predicted molar refractivity (Wildman–Crippen MR) is 72.7 cm³/mol. The first-order valence-corrected chi connectivity index (χ1v) is 8.32. The molecule has 1 aliphatic carbocycles. The fraction of sp³-hybridized carbons (Fsp3) is 0.571. The molecule has 0 spiro atoms. The summed E-state index contributed by atoms with van der Waals surface area (Å²) in [6, 6.07) is 5.62. The SMILES string of the molecule is O=S(=O)(c1ccc2c(c1)CCCC2)N1CCOCC1. The Hall–Kier alpha value is -0.910. The summed E-state index contributed by atoms with van der Waals surface area (Å²) in [5.41, 5.74) is 2.52. The van der Waals surface area contributed by atoms with Crippen molar-refractivity contribution in [3.63, 3.8) is 0 Å². The zero-order valence-electron chi connectivity index (χ0n) is 11.0. The molecule has 1 saturated heterocycles. The first kappa shape index (κ1) is 13.1. The van der Waals surface area contributed by atoms with Gasteiger partial charge in [-0.05, 0) is 48.9 Å². The van der Waals surface area contributed by atoms with Crippen LogP contribution in [-0.4, -0.2) is 39.0 Å². The van der Waals surface area contributed by atoms with Crippen LogP contribution in [0.5, 0.6) is 0 Å². The van der Waals surface area contributed by atoms with Crippen LogP contribution in [0, 0.1) is 0 Å². The van der Waals surface area contributed by atoms with Crippen LogP contribution >= 0.6 is 0 Å². The Morgan fingerprint density at radius 1 is 1.00 bits per heavy atom. The van der Waals surface area contributed by atoms with Crippen LogP contribution in [-0.2, 0) is 27.6 Å². The third-order valence-electron chi connectivity index (χ3n) is 3.93. The number of morpholine rings is 1. The van der Waals surface area contributed by atoms with Crippen molar-refractivity contribution < 1.29 is 13.2 Å². The van der Waals surface area contributed by atoms with E-state index in [2.05, 4.69) is 0 Å². The molecule has 104 valence electrons. The highest BCUT2D eigenvalue weighted by Crippen LogP contribution is 2.25. The van der Waals surface area contributed by atoms with Gasteiger partial charge in [-0.1, -0.05) is 6.07 Å². The molecule has 4 nitrogen and oxygen atoms in total. The van der Waals surface area contributed by atoms with Gasteiger partial charge in [-0.2, -0.15) is 4.31 Å². The van der Waals surface area contributed by atoms with Crippen LogP contribution in [0.15, 0.2) is 23.1 Å². The minimum absolute atomic E-state index is 0.440. The van der Waals surface area contributed by atoms with E-state index in [1.807, 2.05) is 12.1 Å². The standard InChI is InChI=1S/C14H19NO3S/c16-19(17,15-7-9-18-10-8-15)14-6-5-12-3-1-2-4-13(12)11-14/h5-6,11H,1-4,7-10H2. The Morgan fingerprint density at radius 3 is 2.42 bits per heavy atom. The average Bonchev–Trinajstić information content (AvgIpc) is 2.47. The van der Waals surface area contributed by atoms with Crippen molar-refractivity contribution in [3.8, 4) is 0 Å². The van der Waals surface area contributed by atoms with Gasteiger partial charge < -0.3 is 4.74 Å². The number of aryl methyl sites for hydroxylation is 2. The highest BCUT2D eigenvalue weighted by molar-refractivity contribution is 7.89. The molecule has 0 atom stereocenters. The Morgan fingerprint density at radius 2 is 1.68 bits per heavy atom. The number of nitrogens with zero attached hydrogens (tertiary/aromatic N) is 1. The van der Waals surface area contributed by atoms with Crippen LogP contribution in [0.1, 0.15) is 24.0 Å². The van der Waals surface area contributed by atoms with E-state index in [1.165, 1.54) is 21.9 Å². The first-order chi connectivity index (χ1) is 9.18. The van der Waals surface area contributed by atoms with Gasteiger partial charge >= 0.3 is 0 Å². The minimum Gasteiger partial charge on any atom is -0.379 e. The van der Waals surface area contributed by atoms with Gasteiger partial charge in [0, 0.05) is 13.1 Å². The van der Waals surface area contributed by atoms with Crippen molar-refractivity contribution >= 4 is 10.0 Å². The fourth-order valence-corrected chi connectivity index (χ4v) is 4.27. The third-order valence-corrected chi connectivity index (χ3v) is 5.82. The molecule has 0 unspecified atom stereocenters. The van der Waals surface area contributed by atoms with E-state index in [0.29, 0.717) is 31.2 Å². The topological polar surface area (TPSA) is 46.6 Å². The molecule has 0 amide bonds. The maximum atomic E-state index is 12.5. The summed E-state index contributed by atoms with van der Waals surface area (Å²) in [7, 11) is -3.34. The smallest absolute Gasteiger partial charge is 0.243 e. The molecule has 1 heterocycles. The Bertz CT molecular complexity index is 562. The van der Waals surface area contributed by atoms with Crippen molar-refractivity contribution in [1.82, 2.24) is 4.31 Å². The second-order valence-electron chi connectivity index (χ2n) is 5.15. The van der Waals surface area contributed by atoms with Gasteiger partial charge in [-0.3, -0.25) is 0 Å². The molecule has 1 aromatic rings. The zero-order valence-corrected chi connectivity index (χ0v) is 11.8. The van der Waals surface area contributed by atoms with E-state index >= 15 is 0 Å². The molecule has 19 heavy (non-hydrogen) atoms. The zero-order chi connectivity index (χ0) is 13.3. The number of fused-ring (bicyclic) bond motifs is 1. The van der Waals surface area contributed by atoms with E-state index in [0.717, 1.165) is 19.3 Å². The maximum absolute atomic E-state index is 12.5. The Labute approximate surface area is 114 Å². The second-order valence-corrected chi connectivity index (χ2v) is 7.09. The average molecular weight is 281 g/mol. The van der Waals surface area contributed by atoms with E-state index in [-0.39, 0.29) is 0 Å². The number of sulfonamides is 1. The van der Waals surface area contributed by atoms with Crippen LogP contribution in [0.4, 0.5) is 0 Å². The van der Waals surface area contributed by atoms with E-state index < -0.39 is 10.0 Å². The number of benzene rings is 1. The molecule has 0 N–H and O–H groups in total. The summed E-state index contributed by atoms with van der Waals surface area (Å²) in [4.78, 5) is 0.440. The molecule has 0 aromatic heterocycles. The Kier molecular flexibility index (Phi) is 3.60. The summed E-state index contributed by atoms with van der Waals surface area (Å²) in [5, 5.41) is 0. The first-order valence-electron chi connectivity index (χ1n) is 6.87. The highest BCUT2D eigenvalue weighted by Gasteiger charge is 2.27. The summed E-state index contributed by atoms with van der Waals surface area (Å²) in [6.45, 7) is 1.90. The van der Waals surface area contributed by atoms with Gasteiger partial charge in [0.15, 0.2) is 0 Å². The van der Waals surface area contributed by atoms with E-state index in [4.69, 9.17) is 4.74 Å². The minimum atomic E-state index is -3.34. The molecule has 3 rings (SSSR count). The molecule has 1 aromatic carbocycles. The molecule has 5 heteroatoms. The van der Waals surface area contributed by atoms with Crippen molar-refractivity contribution in [2.45, 2.75) is 30.6 Å². The second kappa shape index (κ2) is 5.23. The van der Waals surface area contributed by atoms with Gasteiger partial charge in [0.1, 0.15) is 0 Å². The van der Waals surface area contributed by atoms with Crippen LogP contribution < -0.4 is 0 Å². The number of rotatable bonds is 2. The molecule has 0 radical (unpaired) electrons. The lowest BCUT2D eigenvalue weighted by Crippen LogP contribution is -2.40.